The second-order valence-corrected chi connectivity index (χ2v) is 6.46. The van der Waals surface area contributed by atoms with Crippen LogP contribution in [0.15, 0.2) is 40.8 Å². The van der Waals surface area contributed by atoms with Crippen molar-refractivity contribution in [3.63, 3.8) is 0 Å². The normalized spacial score (nSPS) is 14.7. The maximum absolute atomic E-state index is 13.3. The SMILES string of the molecule is Cc1ccc([C@](O)(CCNc2nc3ccccc3s2)C(F)(F)F)o1. The number of fused-ring (bicyclic) bond motifs is 1. The van der Waals surface area contributed by atoms with E-state index in [0.29, 0.717) is 10.9 Å². The fourth-order valence-electron chi connectivity index (χ4n) is 2.36. The number of halogens is 3. The lowest BCUT2D eigenvalue weighted by Gasteiger charge is -2.28. The minimum Gasteiger partial charge on any atom is -0.463 e. The van der Waals surface area contributed by atoms with E-state index in [4.69, 9.17) is 4.42 Å². The van der Waals surface area contributed by atoms with Gasteiger partial charge in [-0.3, -0.25) is 0 Å². The van der Waals surface area contributed by atoms with Crippen LogP contribution in [0.25, 0.3) is 10.2 Å². The van der Waals surface area contributed by atoms with E-state index in [-0.39, 0.29) is 6.54 Å². The van der Waals surface area contributed by atoms with Crippen LogP contribution in [0.1, 0.15) is 17.9 Å². The van der Waals surface area contributed by atoms with Crippen LogP contribution in [-0.2, 0) is 5.60 Å². The Morgan fingerprint density at radius 3 is 2.58 bits per heavy atom. The van der Waals surface area contributed by atoms with E-state index in [1.807, 2.05) is 24.3 Å². The summed E-state index contributed by atoms with van der Waals surface area (Å²) in [6, 6.07) is 9.97. The number of alkyl halides is 3. The lowest BCUT2D eigenvalue weighted by Crippen LogP contribution is -2.43. The molecule has 3 aromatic rings. The topological polar surface area (TPSA) is 58.3 Å². The Labute approximate surface area is 139 Å². The summed E-state index contributed by atoms with van der Waals surface area (Å²) in [4.78, 5) is 4.29. The first-order chi connectivity index (χ1) is 11.3. The molecule has 128 valence electrons. The van der Waals surface area contributed by atoms with Gasteiger partial charge in [-0.15, -0.1) is 0 Å². The molecule has 8 heteroatoms. The smallest absolute Gasteiger partial charge is 0.424 e. The number of para-hydroxylation sites is 1. The summed E-state index contributed by atoms with van der Waals surface area (Å²) >= 11 is 1.35. The number of rotatable bonds is 5. The van der Waals surface area contributed by atoms with Gasteiger partial charge in [-0.25, -0.2) is 4.98 Å². The molecule has 2 aromatic heterocycles. The first-order valence-corrected chi connectivity index (χ1v) is 8.07. The molecule has 1 atom stereocenters. The first-order valence-electron chi connectivity index (χ1n) is 7.25. The summed E-state index contributed by atoms with van der Waals surface area (Å²) in [5.41, 5.74) is -2.26. The molecule has 0 bridgehead atoms. The zero-order valence-corrected chi connectivity index (χ0v) is 13.5. The highest BCUT2D eigenvalue weighted by molar-refractivity contribution is 7.22. The highest BCUT2D eigenvalue weighted by Gasteiger charge is 2.56. The molecular weight excluding hydrogens is 341 g/mol. The van der Waals surface area contributed by atoms with E-state index in [1.165, 1.54) is 24.3 Å². The summed E-state index contributed by atoms with van der Waals surface area (Å²) < 4.78 is 46.0. The van der Waals surface area contributed by atoms with Crippen molar-refractivity contribution in [1.29, 1.82) is 0 Å². The Bertz CT molecular complexity index is 810. The van der Waals surface area contributed by atoms with Crippen LogP contribution in [0.3, 0.4) is 0 Å². The van der Waals surface area contributed by atoms with Crippen molar-refractivity contribution < 1.29 is 22.7 Å². The van der Waals surface area contributed by atoms with Crippen LogP contribution in [0.4, 0.5) is 18.3 Å². The van der Waals surface area contributed by atoms with E-state index >= 15 is 0 Å². The van der Waals surface area contributed by atoms with Gasteiger partial charge in [0, 0.05) is 13.0 Å². The third-order valence-electron chi connectivity index (χ3n) is 3.67. The van der Waals surface area contributed by atoms with Crippen LogP contribution < -0.4 is 5.32 Å². The van der Waals surface area contributed by atoms with Crippen molar-refractivity contribution in [2.45, 2.75) is 25.1 Å². The fourth-order valence-corrected chi connectivity index (χ4v) is 3.25. The molecule has 0 amide bonds. The van der Waals surface area contributed by atoms with Gasteiger partial charge in [-0.1, -0.05) is 23.5 Å². The Kier molecular flexibility index (Phi) is 4.27. The molecule has 0 aliphatic heterocycles. The zero-order chi connectivity index (χ0) is 17.4. The van der Waals surface area contributed by atoms with Crippen molar-refractivity contribution >= 4 is 26.7 Å². The third kappa shape index (κ3) is 3.11. The van der Waals surface area contributed by atoms with E-state index in [9.17, 15) is 18.3 Å². The minimum absolute atomic E-state index is 0.102. The highest BCUT2D eigenvalue weighted by atomic mass is 32.1. The minimum atomic E-state index is -4.84. The largest absolute Gasteiger partial charge is 0.463 e. The molecule has 24 heavy (non-hydrogen) atoms. The standard InChI is InChI=1S/C16H15F3N2O2S/c1-10-6-7-13(23-10)15(22,16(17,18)19)8-9-20-14-21-11-4-2-3-5-12(11)24-14/h2-7,22H,8-9H2,1H3,(H,20,21)/t15-/m1/s1. The molecule has 0 aliphatic rings. The van der Waals surface area contributed by atoms with Crippen molar-refractivity contribution in [1.82, 2.24) is 4.98 Å². The molecule has 0 spiro atoms. The lowest BCUT2D eigenvalue weighted by molar-refractivity contribution is -0.274. The number of thiazole rings is 1. The number of nitrogens with one attached hydrogen (secondary N) is 1. The van der Waals surface area contributed by atoms with Gasteiger partial charge in [0.2, 0.25) is 5.60 Å². The molecule has 2 N–H and O–H groups in total. The second kappa shape index (κ2) is 6.10. The van der Waals surface area contributed by atoms with Crippen LogP contribution in [0, 0.1) is 6.92 Å². The van der Waals surface area contributed by atoms with Gasteiger partial charge < -0.3 is 14.8 Å². The monoisotopic (exact) mass is 356 g/mol. The molecule has 0 fully saturated rings. The molecule has 2 heterocycles. The number of aromatic nitrogens is 1. The summed E-state index contributed by atoms with van der Waals surface area (Å²) in [5, 5.41) is 13.5. The van der Waals surface area contributed by atoms with Gasteiger partial charge in [0.05, 0.1) is 10.2 Å². The van der Waals surface area contributed by atoms with E-state index in [0.717, 1.165) is 16.3 Å². The van der Waals surface area contributed by atoms with Crippen LogP contribution in [0.2, 0.25) is 0 Å². The Balaban J connectivity index is 1.74. The van der Waals surface area contributed by atoms with Gasteiger partial charge in [-0.2, -0.15) is 13.2 Å². The number of benzene rings is 1. The van der Waals surface area contributed by atoms with Crippen LogP contribution >= 0.6 is 11.3 Å². The molecule has 0 saturated heterocycles. The number of hydrogen-bond acceptors (Lipinski definition) is 5. The molecule has 0 radical (unpaired) electrons. The number of aryl methyl sites for hydroxylation is 1. The molecule has 4 nitrogen and oxygen atoms in total. The Morgan fingerprint density at radius 2 is 1.96 bits per heavy atom. The maximum Gasteiger partial charge on any atom is 0.424 e. The molecule has 1 aromatic carbocycles. The molecular formula is C16H15F3N2O2S. The molecule has 3 rings (SSSR count). The average Bonchev–Trinajstić information content (AvgIpc) is 3.11. The second-order valence-electron chi connectivity index (χ2n) is 5.43. The van der Waals surface area contributed by atoms with E-state index < -0.39 is 24.0 Å². The quantitative estimate of drug-likeness (QED) is 0.709. The summed E-state index contributed by atoms with van der Waals surface area (Å²) in [7, 11) is 0. The predicted octanol–water partition coefficient (Wildman–Crippen LogP) is 4.45. The van der Waals surface area contributed by atoms with E-state index in [1.54, 1.807) is 0 Å². The van der Waals surface area contributed by atoms with Gasteiger partial charge in [0.25, 0.3) is 0 Å². The molecule has 0 unspecified atom stereocenters. The number of anilines is 1. The summed E-state index contributed by atoms with van der Waals surface area (Å²) in [6.45, 7) is 1.43. The number of nitrogens with zero attached hydrogens (tertiary/aromatic N) is 1. The predicted molar refractivity (Wildman–Crippen MR) is 86.1 cm³/mol. The Hall–Kier alpha value is -2.06. The van der Waals surface area contributed by atoms with Crippen molar-refractivity contribution in [2.24, 2.45) is 0 Å². The zero-order valence-electron chi connectivity index (χ0n) is 12.7. The van der Waals surface area contributed by atoms with Crippen molar-refractivity contribution in [2.75, 3.05) is 11.9 Å². The number of furan rings is 1. The summed E-state index contributed by atoms with van der Waals surface area (Å²) in [6.07, 6.45) is -5.42. The third-order valence-corrected chi connectivity index (χ3v) is 4.67. The van der Waals surface area contributed by atoms with Gasteiger partial charge >= 0.3 is 6.18 Å². The van der Waals surface area contributed by atoms with Gasteiger partial charge in [0.1, 0.15) is 11.5 Å². The fraction of sp³-hybridized carbons (Fsp3) is 0.312. The van der Waals surface area contributed by atoms with Crippen LogP contribution in [0.5, 0.6) is 0 Å². The van der Waals surface area contributed by atoms with Gasteiger partial charge in [-0.05, 0) is 31.2 Å². The first kappa shape index (κ1) is 16.8. The molecule has 0 saturated carbocycles. The van der Waals surface area contributed by atoms with Crippen LogP contribution in [-0.4, -0.2) is 22.8 Å². The Morgan fingerprint density at radius 1 is 1.21 bits per heavy atom. The van der Waals surface area contributed by atoms with Crippen molar-refractivity contribution in [3.05, 3.63) is 47.9 Å². The average molecular weight is 356 g/mol. The molecule has 0 aliphatic carbocycles. The number of aliphatic hydroxyl groups is 1. The number of hydrogen-bond donors (Lipinski definition) is 2. The van der Waals surface area contributed by atoms with E-state index in [2.05, 4.69) is 10.3 Å². The van der Waals surface area contributed by atoms with Gasteiger partial charge in [0.15, 0.2) is 5.13 Å². The summed E-state index contributed by atoms with van der Waals surface area (Å²) in [5.74, 6) is -0.189. The van der Waals surface area contributed by atoms with Crippen molar-refractivity contribution in [3.8, 4) is 0 Å². The maximum atomic E-state index is 13.3. The lowest BCUT2D eigenvalue weighted by atomic mass is 9.96. The highest BCUT2D eigenvalue weighted by Crippen LogP contribution is 2.42.